The zero-order chi connectivity index (χ0) is 19.8. The smallest absolute Gasteiger partial charge is 0.191 e. The van der Waals surface area contributed by atoms with E-state index in [1.165, 1.54) is 11.1 Å². The highest BCUT2D eigenvalue weighted by atomic mass is 127. The van der Waals surface area contributed by atoms with Crippen LogP contribution in [0.15, 0.2) is 29.3 Å². The highest BCUT2D eigenvalue weighted by Crippen LogP contribution is 2.33. The summed E-state index contributed by atoms with van der Waals surface area (Å²) in [7, 11) is 3.60. The van der Waals surface area contributed by atoms with Crippen LogP contribution in [0.5, 0.6) is 0 Å². The summed E-state index contributed by atoms with van der Waals surface area (Å²) in [4.78, 5) is 4.40. The van der Waals surface area contributed by atoms with Gasteiger partial charge in [0.05, 0.1) is 11.7 Å². The quantitative estimate of drug-likeness (QED) is 0.344. The molecule has 0 amide bonds. The number of methoxy groups -OCH3 is 1. The first kappa shape index (κ1) is 24.4. The molecule has 6 nitrogen and oxygen atoms in total. The lowest BCUT2D eigenvalue weighted by Gasteiger charge is -2.36. The van der Waals surface area contributed by atoms with Crippen LogP contribution in [0.4, 0.5) is 0 Å². The fourth-order valence-electron chi connectivity index (χ4n) is 4.07. The van der Waals surface area contributed by atoms with Gasteiger partial charge in [0, 0.05) is 65.8 Å². The molecule has 0 aliphatic carbocycles. The first-order chi connectivity index (χ1) is 13.7. The minimum Gasteiger partial charge on any atom is -0.381 e. The molecule has 0 aromatic heterocycles. The molecule has 0 radical (unpaired) electrons. The van der Waals surface area contributed by atoms with Gasteiger partial charge in [0.2, 0.25) is 0 Å². The molecular formula is C22H36IN3O3. The number of benzene rings is 1. The number of halogens is 1. The Labute approximate surface area is 192 Å². The van der Waals surface area contributed by atoms with E-state index in [4.69, 9.17) is 14.2 Å². The molecule has 2 unspecified atom stereocenters. The molecule has 3 rings (SSSR count). The Bertz CT molecular complexity index is 633. The molecule has 7 heteroatoms. The molecule has 2 fully saturated rings. The second-order valence-corrected chi connectivity index (χ2v) is 7.91. The zero-order valence-electron chi connectivity index (χ0n) is 17.9. The van der Waals surface area contributed by atoms with Crippen LogP contribution in [0.3, 0.4) is 0 Å². The predicted molar refractivity (Wildman–Crippen MR) is 127 cm³/mol. The lowest BCUT2D eigenvalue weighted by molar-refractivity contribution is -0.0856. The van der Waals surface area contributed by atoms with Crippen LogP contribution in [-0.4, -0.2) is 58.6 Å². The number of nitrogens with one attached hydrogen (secondary N) is 2. The van der Waals surface area contributed by atoms with Gasteiger partial charge in [-0.25, -0.2) is 0 Å². The number of hydrogen-bond acceptors (Lipinski definition) is 4. The molecule has 2 saturated heterocycles. The van der Waals surface area contributed by atoms with Crippen LogP contribution in [0, 0.1) is 12.8 Å². The van der Waals surface area contributed by atoms with Crippen LogP contribution in [0.1, 0.15) is 42.9 Å². The van der Waals surface area contributed by atoms with Gasteiger partial charge in [0.1, 0.15) is 0 Å². The Morgan fingerprint density at radius 3 is 2.55 bits per heavy atom. The van der Waals surface area contributed by atoms with Crippen molar-refractivity contribution in [1.29, 1.82) is 0 Å². The minimum absolute atomic E-state index is 0. The molecule has 1 aromatic rings. The molecule has 2 heterocycles. The summed E-state index contributed by atoms with van der Waals surface area (Å²) in [6.07, 6.45) is 4.20. The second kappa shape index (κ2) is 12.1. The van der Waals surface area contributed by atoms with Crippen molar-refractivity contribution in [2.24, 2.45) is 10.9 Å². The molecular weight excluding hydrogens is 481 g/mol. The summed E-state index contributed by atoms with van der Waals surface area (Å²) >= 11 is 0. The van der Waals surface area contributed by atoms with Crippen LogP contribution >= 0.6 is 24.0 Å². The summed E-state index contributed by atoms with van der Waals surface area (Å²) in [5.41, 5.74) is 2.37. The highest BCUT2D eigenvalue weighted by Gasteiger charge is 2.33. The third kappa shape index (κ3) is 6.80. The lowest BCUT2D eigenvalue weighted by Crippen LogP contribution is -2.51. The van der Waals surface area contributed by atoms with Crippen molar-refractivity contribution in [2.45, 2.75) is 44.3 Å². The molecule has 0 spiro atoms. The van der Waals surface area contributed by atoms with Gasteiger partial charge in [0.25, 0.3) is 0 Å². The number of ether oxygens (including phenoxy) is 3. The van der Waals surface area contributed by atoms with Crippen LogP contribution in [0.2, 0.25) is 0 Å². The maximum Gasteiger partial charge on any atom is 0.191 e. The normalized spacial score (nSPS) is 24.4. The maximum absolute atomic E-state index is 6.14. The number of guanidine groups is 1. The summed E-state index contributed by atoms with van der Waals surface area (Å²) < 4.78 is 17.4. The van der Waals surface area contributed by atoms with Crippen molar-refractivity contribution in [1.82, 2.24) is 10.6 Å². The summed E-state index contributed by atoms with van der Waals surface area (Å²) in [5, 5.41) is 6.95. The Morgan fingerprint density at radius 1 is 1.17 bits per heavy atom. The van der Waals surface area contributed by atoms with Gasteiger partial charge in [-0.1, -0.05) is 29.8 Å². The topological polar surface area (TPSA) is 64.1 Å². The van der Waals surface area contributed by atoms with E-state index >= 15 is 0 Å². The average Bonchev–Trinajstić information content (AvgIpc) is 2.75. The predicted octanol–water partition coefficient (Wildman–Crippen LogP) is 3.44. The van der Waals surface area contributed by atoms with Gasteiger partial charge in [0.15, 0.2) is 5.96 Å². The Morgan fingerprint density at radius 2 is 1.90 bits per heavy atom. The maximum atomic E-state index is 6.14. The van der Waals surface area contributed by atoms with Crippen molar-refractivity contribution in [3.63, 3.8) is 0 Å². The number of aryl methyl sites for hydroxylation is 1. The van der Waals surface area contributed by atoms with Crippen molar-refractivity contribution in [3.8, 4) is 0 Å². The van der Waals surface area contributed by atoms with Crippen molar-refractivity contribution in [2.75, 3.05) is 47.1 Å². The van der Waals surface area contributed by atoms with Gasteiger partial charge < -0.3 is 24.8 Å². The van der Waals surface area contributed by atoms with Crippen LogP contribution < -0.4 is 10.6 Å². The number of hydrogen-bond donors (Lipinski definition) is 2. The molecule has 2 atom stereocenters. The van der Waals surface area contributed by atoms with Gasteiger partial charge >= 0.3 is 0 Å². The molecule has 164 valence electrons. The molecule has 0 bridgehead atoms. The van der Waals surface area contributed by atoms with Crippen molar-refractivity contribution in [3.05, 3.63) is 35.4 Å². The van der Waals surface area contributed by atoms with E-state index in [1.807, 2.05) is 7.05 Å². The van der Waals surface area contributed by atoms with Crippen LogP contribution in [0.25, 0.3) is 0 Å². The molecule has 0 saturated carbocycles. The van der Waals surface area contributed by atoms with Gasteiger partial charge in [-0.2, -0.15) is 0 Å². The SMILES string of the molecule is CN=C(NCC1CCCOC1c1ccc(C)cc1)NCC1(OC)CCOCC1.I. The second-order valence-electron chi connectivity index (χ2n) is 7.91. The number of nitrogens with zero attached hydrogens (tertiary/aromatic N) is 1. The monoisotopic (exact) mass is 517 g/mol. The number of aliphatic imine (C=N–C) groups is 1. The van der Waals surface area contributed by atoms with E-state index in [1.54, 1.807) is 7.11 Å². The molecule has 2 aliphatic rings. The molecule has 2 aliphatic heterocycles. The first-order valence-electron chi connectivity index (χ1n) is 10.4. The Kier molecular flexibility index (Phi) is 10.1. The third-order valence-electron chi connectivity index (χ3n) is 6.02. The fourth-order valence-corrected chi connectivity index (χ4v) is 4.07. The third-order valence-corrected chi connectivity index (χ3v) is 6.02. The van der Waals surface area contributed by atoms with Gasteiger partial charge in [-0.3, -0.25) is 4.99 Å². The lowest BCUT2D eigenvalue weighted by atomic mass is 9.89. The van der Waals surface area contributed by atoms with Crippen molar-refractivity contribution >= 4 is 29.9 Å². The fraction of sp³-hybridized carbons (Fsp3) is 0.682. The zero-order valence-corrected chi connectivity index (χ0v) is 20.2. The summed E-state index contributed by atoms with van der Waals surface area (Å²) in [6, 6.07) is 8.71. The largest absolute Gasteiger partial charge is 0.381 e. The van der Waals surface area contributed by atoms with E-state index in [9.17, 15) is 0 Å². The average molecular weight is 517 g/mol. The van der Waals surface area contributed by atoms with Gasteiger partial charge in [-0.05, 0) is 25.3 Å². The summed E-state index contributed by atoms with van der Waals surface area (Å²) in [6.45, 7) is 6.01. The van der Waals surface area contributed by atoms with E-state index in [2.05, 4.69) is 46.8 Å². The van der Waals surface area contributed by atoms with Crippen LogP contribution in [-0.2, 0) is 14.2 Å². The molecule has 1 aromatic carbocycles. The van der Waals surface area contributed by atoms with E-state index in [0.29, 0.717) is 5.92 Å². The van der Waals surface area contributed by atoms with E-state index in [0.717, 1.165) is 64.6 Å². The van der Waals surface area contributed by atoms with E-state index < -0.39 is 0 Å². The standard InChI is InChI=1S/C22H35N3O3.HI/c1-17-6-8-18(9-7-17)20-19(5-4-12-28-20)15-24-21(23-2)25-16-22(26-3)10-13-27-14-11-22;/h6-9,19-20H,4-5,10-16H2,1-3H3,(H2,23,24,25);1H. The first-order valence-corrected chi connectivity index (χ1v) is 10.4. The minimum atomic E-state index is -0.172. The van der Waals surface area contributed by atoms with E-state index in [-0.39, 0.29) is 35.7 Å². The Balaban J connectivity index is 0.00000300. The van der Waals surface area contributed by atoms with Gasteiger partial charge in [-0.15, -0.1) is 24.0 Å². The summed E-state index contributed by atoms with van der Waals surface area (Å²) in [5.74, 6) is 1.24. The Hall–Kier alpha value is -0.900. The molecule has 29 heavy (non-hydrogen) atoms. The molecule has 2 N–H and O–H groups in total. The number of rotatable bonds is 6. The highest BCUT2D eigenvalue weighted by molar-refractivity contribution is 14.0. The van der Waals surface area contributed by atoms with Crippen molar-refractivity contribution < 1.29 is 14.2 Å².